The summed E-state index contributed by atoms with van der Waals surface area (Å²) >= 11 is 0. The van der Waals surface area contributed by atoms with Crippen molar-refractivity contribution in [3.8, 4) is 11.3 Å². The van der Waals surface area contributed by atoms with Crippen LogP contribution in [0.15, 0.2) is 64.3 Å². The van der Waals surface area contributed by atoms with E-state index in [1.165, 1.54) is 0 Å². The second kappa shape index (κ2) is 10.0. The largest absolute Gasteiger partial charge is 0.469 e. The standard InChI is InChI=1S/C19H23N5O.HI/c1-20-19(21-11-10-17-9-6-12-25-17)22-13-16-14-24(2)23-18(16)15-7-4-3-5-8-15;/h3-9,12,14H,10-11,13H2,1-2H3,(H2,20,21,22);1H. The number of benzene rings is 1. The molecule has 0 bridgehead atoms. The van der Waals surface area contributed by atoms with Gasteiger partial charge in [0.15, 0.2) is 5.96 Å². The van der Waals surface area contributed by atoms with E-state index in [2.05, 4.69) is 32.9 Å². The van der Waals surface area contributed by atoms with Crippen molar-refractivity contribution in [2.24, 2.45) is 12.0 Å². The van der Waals surface area contributed by atoms with E-state index >= 15 is 0 Å². The molecule has 0 radical (unpaired) electrons. The van der Waals surface area contributed by atoms with Crippen molar-refractivity contribution in [3.63, 3.8) is 0 Å². The zero-order valence-electron chi connectivity index (χ0n) is 15.0. The molecule has 6 nitrogen and oxygen atoms in total. The number of hydrogen-bond donors (Lipinski definition) is 2. The molecule has 0 aliphatic heterocycles. The first kappa shape index (κ1) is 20.0. The molecular formula is C19H24IN5O. The summed E-state index contributed by atoms with van der Waals surface area (Å²) in [5.41, 5.74) is 3.23. The van der Waals surface area contributed by atoms with E-state index in [0.717, 1.165) is 41.5 Å². The number of guanidine groups is 1. The fraction of sp³-hybridized carbons (Fsp3) is 0.263. The summed E-state index contributed by atoms with van der Waals surface area (Å²) in [7, 11) is 3.70. The summed E-state index contributed by atoms with van der Waals surface area (Å²) in [6, 6.07) is 14.1. The summed E-state index contributed by atoms with van der Waals surface area (Å²) < 4.78 is 7.17. The van der Waals surface area contributed by atoms with Crippen LogP contribution in [0.1, 0.15) is 11.3 Å². The number of halogens is 1. The lowest BCUT2D eigenvalue weighted by molar-refractivity contribution is 0.507. The Bertz CT molecular complexity index is 812. The summed E-state index contributed by atoms with van der Waals surface area (Å²) in [5.74, 6) is 1.72. The predicted octanol–water partition coefficient (Wildman–Crippen LogP) is 3.21. The number of furan rings is 1. The number of aliphatic imine (C=N–C) groups is 1. The van der Waals surface area contributed by atoms with Crippen molar-refractivity contribution in [3.05, 3.63) is 66.2 Å². The maximum Gasteiger partial charge on any atom is 0.191 e. The molecule has 138 valence electrons. The van der Waals surface area contributed by atoms with E-state index in [1.54, 1.807) is 13.3 Å². The monoisotopic (exact) mass is 465 g/mol. The number of rotatable bonds is 6. The van der Waals surface area contributed by atoms with E-state index in [1.807, 2.05) is 48.3 Å². The number of nitrogens with zero attached hydrogens (tertiary/aromatic N) is 3. The van der Waals surface area contributed by atoms with Gasteiger partial charge in [0.2, 0.25) is 0 Å². The van der Waals surface area contributed by atoms with E-state index in [4.69, 9.17) is 4.42 Å². The normalized spacial score (nSPS) is 11.1. The predicted molar refractivity (Wildman–Crippen MR) is 115 cm³/mol. The van der Waals surface area contributed by atoms with Gasteiger partial charge in [0.1, 0.15) is 5.76 Å². The SMILES string of the molecule is CN=C(NCCc1ccco1)NCc1cn(C)nc1-c1ccccc1.I. The molecule has 0 saturated carbocycles. The molecule has 0 aliphatic carbocycles. The molecule has 3 aromatic rings. The fourth-order valence-electron chi connectivity index (χ4n) is 2.66. The van der Waals surface area contributed by atoms with Gasteiger partial charge in [-0.05, 0) is 12.1 Å². The molecule has 0 aliphatic rings. The highest BCUT2D eigenvalue weighted by Gasteiger charge is 2.10. The molecule has 0 fully saturated rings. The molecule has 2 heterocycles. The van der Waals surface area contributed by atoms with Gasteiger partial charge in [-0.1, -0.05) is 30.3 Å². The van der Waals surface area contributed by atoms with Crippen LogP contribution in [0.4, 0.5) is 0 Å². The molecular weight excluding hydrogens is 441 g/mol. The summed E-state index contributed by atoms with van der Waals surface area (Å²) in [6.45, 7) is 1.41. The minimum Gasteiger partial charge on any atom is -0.469 e. The zero-order valence-corrected chi connectivity index (χ0v) is 17.3. The number of nitrogens with one attached hydrogen (secondary N) is 2. The Morgan fingerprint density at radius 1 is 1.15 bits per heavy atom. The Kier molecular flexibility index (Phi) is 7.71. The first-order valence-corrected chi connectivity index (χ1v) is 8.31. The molecule has 0 atom stereocenters. The lowest BCUT2D eigenvalue weighted by Gasteiger charge is -2.11. The zero-order chi connectivity index (χ0) is 17.5. The second-order valence-corrected chi connectivity index (χ2v) is 5.72. The third-order valence-electron chi connectivity index (χ3n) is 3.87. The van der Waals surface area contributed by atoms with Crippen LogP contribution in [-0.4, -0.2) is 29.3 Å². The van der Waals surface area contributed by atoms with E-state index in [0.29, 0.717) is 6.54 Å². The minimum absolute atomic E-state index is 0. The quantitative estimate of drug-likeness (QED) is 0.334. The van der Waals surface area contributed by atoms with Crippen LogP contribution in [0.2, 0.25) is 0 Å². The summed E-state index contributed by atoms with van der Waals surface area (Å²) in [4.78, 5) is 4.27. The van der Waals surface area contributed by atoms with Gasteiger partial charge in [-0.2, -0.15) is 5.10 Å². The summed E-state index contributed by atoms with van der Waals surface area (Å²) in [6.07, 6.45) is 4.54. The maximum absolute atomic E-state index is 5.33. The van der Waals surface area contributed by atoms with Crippen LogP contribution >= 0.6 is 24.0 Å². The minimum atomic E-state index is 0. The van der Waals surface area contributed by atoms with Crippen LogP contribution in [0, 0.1) is 0 Å². The van der Waals surface area contributed by atoms with Gasteiger partial charge >= 0.3 is 0 Å². The lowest BCUT2D eigenvalue weighted by Crippen LogP contribution is -2.37. The molecule has 2 N–H and O–H groups in total. The molecule has 0 amide bonds. The van der Waals surface area contributed by atoms with Gasteiger partial charge in [-0.25, -0.2) is 0 Å². The highest BCUT2D eigenvalue weighted by atomic mass is 127. The molecule has 7 heteroatoms. The van der Waals surface area contributed by atoms with Gasteiger partial charge in [-0.15, -0.1) is 24.0 Å². The summed E-state index contributed by atoms with van der Waals surface area (Å²) in [5, 5.41) is 11.2. The van der Waals surface area contributed by atoms with Gasteiger partial charge in [0.25, 0.3) is 0 Å². The van der Waals surface area contributed by atoms with Crippen LogP contribution in [0.25, 0.3) is 11.3 Å². The smallest absolute Gasteiger partial charge is 0.191 e. The van der Waals surface area contributed by atoms with Crippen LogP contribution in [-0.2, 0) is 20.0 Å². The Morgan fingerprint density at radius 2 is 1.96 bits per heavy atom. The van der Waals surface area contributed by atoms with Crippen molar-refractivity contribution in [2.45, 2.75) is 13.0 Å². The topological polar surface area (TPSA) is 67.4 Å². The third kappa shape index (κ3) is 5.35. The molecule has 0 saturated heterocycles. The highest BCUT2D eigenvalue weighted by Crippen LogP contribution is 2.21. The molecule has 26 heavy (non-hydrogen) atoms. The van der Waals surface area contributed by atoms with Crippen molar-refractivity contribution in [1.29, 1.82) is 0 Å². The Hall–Kier alpha value is -2.29. The number of hydrogen-bond acceptors (Lipinski definition) is 3. The second-order valence-electron chi connectivity index (χ2n) is 5.72. The first-order chi connectivity index (χ1) is 12.3. The van der Waals surface area contributed by atoms with Gasteiger partial charge < -0.3 is 15.1 Å². The van der Waals surface area contributed by atoms with E-state index < -0.39 is 0 Å². The molecule has 2 aromatic heterocycles. The van der Waals surface area contributed by atoms with Crippen LogP contribution in [0.3, 0.4) is 0 Å². The number of aryl methyl sites for hydroxylation is 1. The van der Waals surface area contributed by atoms with Crippen molar-refractivity contribution >= 4 is 29.9 Å². The Balaban J connectivity index is 0.00000243. The van der Waals surface area contributed by atoms with Crippen molar-refractivity contribution in [2.75, 3.05) is 13.6 Å². The van der Waals surface area contributed by atoms with Gasteiger partial charge in [-0.3, -0.25) is 9.67 Å². The molecule has 1 aromatic carbocycles. The van der Waals surface area contributed by atoms with Gasteiger partial charge in [0.05, 0.1) is 12.0 Å². The Labute approximate surface area is 170 Å². The highest BCUT2D eigenvalue weighted by molar-refractivity contribution is 14.0. The van der Waals surface area contributed by atoms with Gasteiger partial charge in [0, 0.05) is 50.9 Å². The van der Waals surface area contributed by atoms with E-state index in [-0.39, 0.29) is 24.0 Å². The molecule has 0 unspecified atom stereocenters. The number of aromatic nitrogens is 2. The fourth-order valence-corrected chi connectivity index (χ4v) is 2.66. The van der Waals surface area contributed by atoms with Crippen molar-refractivity contribution < 1.29 is 4.42 Å². The van der Waals surface area contributed by atoms with Crippen LogP contribution < -0.4 is 10.6 Å². The van der Waals surface area contributed by atoms with E-state index in [9.17, 15) is 0 Å². The maximum atomic E-state index is 5.33. The Morgan fingerprint density at radius 3 is 2.65 bits per heavy atom. The lowest BCUT2D eigenvalue weighted by atomic mass is 10.1. The van der Waals surface area contributed by atoms with Crippen LogP contribution in [0.5, 0.6) is 0 Å². The third-order valence-corrected chi connectivity index (χ3v) is 3.87. The average molecular weight is 465 g/mol. The molecule has 3 rings (SSSR count). The average Bonchev–Trinajstić information content (AvgIpc) is 3.28. The molecule has 0 spiro atoms. The first-order valence-electron chi connectivity index (χ1n) is 8.31. The van der Waals surface area contributed by atoms with Crippen molar-refractivity contribution in [1.82, 2.24) is 20.4 Å².